The number of benzene rings is 1. The smallest absolute Gasteiger partial charge is 0.242 e. The normalized spacial score (nSPS) is 13.4. The van der Waals surface area contributed by atoms with Gasteiger partial charge in [0.15, 0.2) is 9.84 Å². The minimum atomic E-state index is -3.47. The fourth-order valence-electron chi connectivity index (χ4n) is 1.31. The second-order valence-corrected chi connectivity index (χ2v) is 6.84. The van der Waals surface area contributed by atoms with Crippen LogP contribution in [0.15, 0.2) is 36.4 Å². The van der Waals surface area contributed by atoms with Crippen molar-refractivity contribution in [2.75, 3.05) is 11.1 Å². The van der Waals surface area contributed by atoms with E-state index in [4.69, 9.17) is 11.6 Å². The van der Waals surface area contributed by atoms with Gasteiger partial charge in [0.1, 0.15) is 5.25 Å². The molecule has 0 bridgehead atoms. The topological polar surface area (TPSA) is 63.2 Å². The summed E-state index contributed by atoms with van der Waals surface area (Å²) in [6, 6.07) is 6.48. The highest BCUT2D eigenvalue weighted by Gasteiger charge is 2.26. The molecule has 1 aromatic carbocycles. The molecule has 19 heavy (non-hydrogen) atoms. The van der Waals surface area contributed by atoms with Crippen LogP contribution >= 0.6 is 11.6 Å². The molecule has 0 aliphatic heterocycles. The Morgan fingerprint density at radius 1 is 1.37 bits per heavy atom. The van der Waals surface area contributed by atoms with Crippen molar-refractivity contribution in [3.8, 4) is 0 Å². The molecule has 1 N–H and O–H groups in total. The zero-order valence-corrected chi connectivity index (χ0v) is 12.3. The van der Waals surface area contributed by atoms with Gasteiger partial charge in [-0.15, -0.1) is 0 Å². The summed E-state index contributed by atoms with van der Waals surface area (Å²) in [5, 5.41) is 2.00. The van der Waals surface area contributed by atoms with E-state index in [0.29, 0.717) is 10.7 Å². The van der Waals surface area contributed by atoms with Crippen molar-refractivity contribution in [1.29, 1.82) is 0 Å². The van der Waals surface area contributed by atoms with E-state index in [9.17, 15) is 13.2 Å². The molecule has 0 spiro atoms. The minimum absolute atomic E-state index is 0.140. The van der Waals surface area contributed by atoms with Crippen molar-refractivity contribution in [3.05, 3.63) is 41.4 Å². The zero-order valence-electron chi connectivity index (χ0n) is 10.8. The van der Waals surface area contributed by atoms with Gasteiger partial charge in [0.2, 0.25) is 5.91 Å². The van der Waals surface area contributed by atoms with Crippen LogP contribution in [-0.4, -0.2) is 25.3 Å². The molecule has 0 aromatic heterocycles. The predicted octanol–water partition coefficient (Wildman–Crippen LogP) is 2.66. The second kappa shape index (κ2) is 6.73. The highest BCUT2D eigenvalue weighted by atomic mass is 35.5. The average molecular weight is 302 g/mol. The number of anilines is 1. The predicted molar refractivity (Wildman–Crippen MR) is 78.1 cm³/mol. The molecule has 1 atom stereocenters. The Balaban J connectivity index is 2.75. The molecule has 0 aliphatic rings. The third kappa shape index (κ3) is 4.69. The van der Waals surface area contributed by atoms with Crippen molar-refractivity contribution in [2.24, 2.45) is 0 Å². The van der Waals surface area contributed by atoms with Crippen LogP contribution in [0.25, 0.3) is 0 Å². The van der Waals surface area contributed by atoms with E-state index in [2.05, 4.69) is 5.32 Å². The molecule has 6 heteroatoms. The van der Waals surface area contributed by atoms with Crippen LogP contribution in [0.3, 0.4) is 0 Å². The average Bonchev–Trinajstić information content (AvgIpc) is 2.38. The number of carbonyl (C=O) groups is 1. The lowest BCUT2D eigenvalue weighted by atomic mass is 10.3. The van der Waals surface area contributed by atoms with Crippen LogP contribution in [0, 0.1) is 0 Å². The van der Waals surface area contributed by atoms with Gasteiger partial charge in [-0.2, -0.15) is 0 Å². The standard InChI is InChI=1S/C13H16ClNO3S/c1-3-4-9-19(17,18)10(2)13(16)15-12-7-5-11(14)6-8-12/h3-8,10H,9H2,1-2H3,(H,15,16)/b4-3-/t10-/m0/s1. The van der Waals surface area contributed by atoms with Crippen molar-refractivity contribution < 1.29 is 13.2 Å². The Morgan fingerprint density at radius 2 is 1.95 bits per heavy atom. The lowest BCUT2D eigenvalue weighted by molar-refractivity contribution is -0.115. The van der Waals surface area contributed by atoms with Crippen molar-refractivity contribution >= 4 is 33.0 Å². The Kier molecular flexibility index (Phi) is 5.57. The third-order valence-corrected chi connectivity index (χ3v) is 4.78. The van der Waals surface area contributed by atoms with Crippen LogP contribution in [0.5, 0.6) is 0 Å². The number of carbonyl (C=O) groups excluding carboxylic acids is 1. The van der Waals surface area contributed by atoms with Crippen molar-refractivity contribution in [1.82, 2.24) is 0 Å². The molecule has 1 amide bonds. The number of hydrogen-bond donors (Lipinski definition) is 1. The van der Waals surface area contributed by atoms with Crippen LogP contribution < -0.4 is 5.32 Å². The molecule has 0 saturated carbocycles. The van der Waals surface area contributed by atoms with E-state index < -0.39 is 21.0 Å². The molecule has 0 heterocycles. The molecule has 0 saturated heterocycles. The van der Waals surface area contributed by atoms with E-state index in [1.165, 1.54) is 13.0 Å². The van der Waals surface area contributed by atoms with E-state index >= 15 is 0 Å². The first-order chi connectivity index (χ1) is 8.86. The van der Waals surface area contributed by atoms with Gasteiger partial charge in [0.05, 0.1) is 5.75 Å². The van der Waals surface area contributed by atoms with Gasteiger partial charge in [0, 0.05) is 10.7 Å². The number of nitrogens with one attached hydrogen (secondary N) is 1. The fourth-order valence-corrected chi connectivity index (χ4v) is 2.58. The summed E-state index contributed by atoms with van der Waals surface area (Å²) >= 11 is 5.72. The lowest BCUT2D eigenvalue weighted by Crippen LogP contribution is -2.33. The van der Waals surface area contributed by atoms with Gasteiger partial charge in [-0.05, 0) is 38.1 Å². The number of amides is 1. The number of allylic oxidation sites excluding steroid dienone is 1. The van der Waals surface area contributed by atoms with Crippen molar-refractivity contribution in [3.63, 3.8) is 0 Å². The highest BCUT2D eigenvalue weighted by Crippen LogP contribution is 2.14. The highest BCUT2D eigenvalue weighted by molar-refractivity contribution is 7.92. The van der Waals surface area contributed by atoms with E-state index in [1.54, 1.807) is 37.3 Å². The number of halogens is 1. The molecule has 104 valence electrons. The monoisotopic (exact) mass is 301 g/mol. The first kappa shape index (κ1) is 15.7. The Morgan fingerprint density at radius 3 is 2.47 bits per heavy atom. The number of hydrogen-bond acceptors (Lipinski definition) is 3. The molecule has 0 fully saturated rings. The Hall–Kier alpha value is -1.33. The molecule has 4 nitrogen and oxygen atoms in total. The van der Waals surface area contributed by atoms with Gasteiger partial charge in [-0.3, -0.25) is 4.79 Å². The quantitative estimate of drug-likeness (QED) is 0.850. The molecule has 1 rings (SSSR count). The molecule has 0 aliphatic carbocycles. The third-order valence-electron chi connectivity index (χ3n) is 2.58. The summed E-state index contributed by atoms with van der Waals surface area (Å²) in [7, 11) is -3.47. The van der Waals surface area contributed by atoms with Crippen LogP contribution in [-0.2, 0) is 14.6 Å². The number of rotatable bonds is 5. The Bertz CT molecular complexity index is 564. The Labute approximate surface area is 118 Å². The molecular weight excluding hydrogens is 286 g/mol. The van der Waals surface area contributed by atoms with Crippen LogP contribution in [0.2, 0.25) is 5.02 Å². The van der Waals surface area contributed by atoms with Gasteiger partial charge >= 0.3 is 0 Å². The molecular formula is C13H16ClNO3S. The van der Waals surface area contributed by atoms with Crippen LogP contribution in [0.1, 0.15) is 13.8 Å². The lowest BCUT2D eigenvalue weighted by Gasteiger charge is -2.12. The zero-order chi connectivity index (χ0) is 14.5. The minimum Gasteiger partial charge on any atom is -0.325 e. The molecule has 0 unspecified atom stereocenters. The largest absolute Gasteiger partial charge is 0.325 e. The van der Waals surface area contributed by atoms with E-state index in [-0.39, 0.29) is 5.75 Å². The first-order valence-electron chi connectivity index (χ1n) is 5.76. The first-order valence-corrected chi connectivity index (χ1v) is 7.85. The number of sulfone groups is 1. The second-order valence-electron chi connectivity index (χ2n) is 4.04. The van der Waals surface area contributed by atoms with Gasteiger partial charge in [-0.25, -0.2) is 8.42 Å². The summed E-state index contributed by atoms with van der Waals surface area (Å²) in [6.07, 6.45) is 3.16. The summed E-state index contributed by atoms with van der Waals surface area (Å²) in [5.74, 6) is -0.689. The SMILES string of the molecule is C/C=C\CS(=O)(=O)[C@@H](C)C(=O)Nc1ccc(Cl)cc1. The van der Waals surface area contributed by atoms with Gasteiger partial charge < -0.3 is 5.32 Å². The van der Waals surface area contributed by atoms with E-state index in [1.807, 2.05) is 0 Å². The van der Waals surface area contributed by atoms with E-state index in [0.717, 1.165) is 0 Å². The maximum atomic E-state index is 11.9. The van der Waals surface area contributed by atoms with Crippen LogP contribution in [0.4, 0.5) is 5.69 Å². The molecule has 0 radical (unpaired) electrons. The summed E-state index contributed by atoms with van der Waals surface area (Å²) < 4.78 is 23.7. The molecule has 1 aromatic rings. The summed E-state index contributed by atoms with van der Waals surface area (Å²) in [4.78, 5) is 11.9. The maximum Gasteiger partial charge on any atom is 0.242 e. The summed E-state index contributed by atoms with van der Waals surface area (Å²) in [5.41, 5.74) is 0.516. The van der Waals surface area contributed by atoms with Crippen molar-refractivity contribution in [2.45, 2.75) is 19.1 Å². The van der Waals surface area contributed by atoms with Gasteiger partial charge in [0.25, 0.3) is 0 Å². The maximum absolute atomic E-state index is 11.9. The fraction of sp³-hybridized carbons (Fsp3) is 0.308. The summed E-state index contributed by atoms with van der Waals surface area (Å²) in [6.45, 7) is 3.11. The van der Waals surface area contributed by atoms with Gasteiger partial charge in [-0.1, -0.05) is 23.8 Å².